The summed E-state index contributed by atoms with van der Waals surface area (Å²) in [5.74, 6) is 1.60. The number of ether oxygens (including phenoxy) is 4. The van der Waals surface area contributed by atoms with E-state index in [9.17, 15) is 9.59 Å². The quantitative estimate of drug-likeness (QED) is 0.475. The van der Waals surface area contributed by atoms with E-state index in [1.165, 1.54) is 6.92 Å². The molecule has 4 rings (SSSR count). The molecule has 0 N–H and O–H groups in total. The first-order valence-corrected chi connectivity index (χ1v) is 7.68. The number of hydrogen-bond acceptors (Lipinski definition) is 6. The van der Waals surface area contributed by atoms with Gasteiger partial charge in [0.2, 0.25) is 12.6 Å². The lowest BCUT2D eigenvalue weighted by atomic mass is 10.0. The lowest BCUT2D eigenvalue weighted by Gasteiger charge is -2.05. The first-order valence-electron chi connectivity index (χ1n) is 7.68. The fourth-order valence-electron chi connectivity index (χ4n) is 2.86. The van der Waals surface area contributed by atoms with E-state index in [2.05, 4.69) is 0 Å². The summed E-state index contributed by atoms with van der Waals surface area (Å²) in [4.78, 5) is 23.8. The number of benzene rings is 2. The highest BCUT2D eigenvalue weighted by Gasteiger charge is 2.30. The van der Waals surface area contributed by atoms with Gasteiger partial charge in [-0.1, -0.05) is 6.07 Å². The number of fused-ring (bicyclic) bond motifs is 2. The lowest BCUT2D eigenvalue weighted by molar-refractivity contribution is -0.131. The van der Waals surface area contributed by atoms with Gasteiger partial charge in [0.05, 0.1) is 5.56 Å². The summed E-state index contributed by atoms with van der Waals surface area (Å²) >= 11 is 0. The van der Waals surface area contributed by atoms with Crippen molar-refractivity contribution in [2.45, 2.75) is 13.8 Å². The maximum Gasteiger partial charge on any atom is 0.308 e. The number of carbonyl (C=O) groups is 2. The van der Waals surface area contributed by atoms with Gasteiger partial charge in [0.15, 0.2) is 17.3 Å². The van der Waals surface area contributed by atoms with Crippen molar-refractivity contribution in [1.82, 2.24) is 0 Å². The first-order chi connectivity index (χ1) is 12.0. The lowest BCUT2D eigenvalue weighted by Crippen LogP contribution is -2.02. The van der Waals surface area contributed by atoms with Crippen LogP contribution in [0.4, 0.5) is 0 Å². The fraction of sp³-hybridized carbons (Fsp3) is 0.158. The number of rotatable bonds is 2. The van der Waals surface area contributed by atoms with Crippen molar-refractivity contribution in [3.63, 3.8) is 0 Å². The molecule has 0 saturated carbocycles. The Bertz CT molecular complexity index is 941. The monoisotopic (exact) mass is 338 g/mol. The van der Waals surface area contributed by atoms with Crippen molar-refractivity contribution >= 4 is 17.8 Å². The molecule has 2 aliphatic rings. The van der Waals surface area contributed by atoms with E-state index in [0.29, 0.717) is 34.1 Å². The van der Waals surface area contributed by atoms with Crippen molar-refractivity contribution in [2.24, 2.45) is 0 Å². The van der Waals surface area contributed by atoms with Gasteiger partial charge in [-0.2, -0.15) is 0 Å². The Balaban J connectivity index is 1.68. The highest BCUT2D eigenvalue weighted by atomic mass is 16.7. The van der Waals surface area contributed by atoms with Gasteiger partial charge >= 0.3 is 5.97 Å². The number of aryl methyl sites for hydroxylation is 1. The molecule has 0 atom stereocenters. The van der Waals surface area contributed by atoms with E-state index in [1.54, 1.807) is 37.3 Å². The zero-order valence-electron chi connectivity index (χ0n) is 13.6. The number of hydrogen-bond donors (Lipinski definition) is 0. The van der Waals surface area contributed by atoms with Crippen LogP contribution in [0.25, 0.3) is 6.08 Å². The normalized spacial score (nSPS) is 15.9. The molecule has 0 aliphatic carbocycles. The van der Waals surface area contributed by atoms with E-state index in [1.807, 2.05) is 6.07 Å². The summed E-state index contributed by atoms with van der Waals surface area (Å²) < 4.78 is 21.4. The first kappa shape index (κ1) is 15.3. The molecule has 0 radical (unpaired) electrons. The van der Waals surface area contributed by atoms with Crippen LogP contribution >= 0.6 is 0 Å². The molecule has 2 heterocycles. The van der Waals surface area contributed by atoms with E-state index >= 15 is 0 Å². The third-order valence-corrected chi connectivity index (χ3v) is 3.90. The van der Waals surface area contributed by atoms with Crippen LogP contribution in [0, 0.1) is 6.92 Å². The van der Waals surface area contributed by atoms with Crippen LogP contribution in [0.2, 0.25) is 0 Å². The molecule has 2 aliphatic heterocycles. The van der Waals surface area contributed by atoms with Crippen LogP contribution in [-0.4, -0.2) is 18.5 Å². The second-order valence-electron chi connectivity index (χ2n) is 5.76. The molecule has 6 heteroatoms. The van der Waals surface area contributed by atoms with Gasteiger partial charge in [-0.05, 0) is 42.3 Å². The molecule has 0 fully saturated rings. The second-order valence-corrected chi connectivity index (χ2v) is 5.76. The molecule has 2 aromatic carbocycles. The second kappa shape index (κ2) is 5.66. The molecule has 0 spiro atoms. The van der Waals surface area contributed by atoms with E-state index in [4.69, 9.17) is 18.9 Å². The minimum absolute atomic E-state index is 0.189. The van der Waals surface area contributed by atoms with E-state index < -0.39 is 5.97 Å². The van der Waals surface area contributed by atoms with Crippen molar-refractivity contribution < 1.29 is 28.5 Å². The van der Waals surface area contributed by atoms with Crippen LogP contribution < -0.4 is 18.9 Å². The number of Topliss-reactive ketones (excluding diaryl/α,β-unsaturated/α-hetero) is 1. The molecular formula is C19H14O6. The predicted octanol–water partition coefficient (Wildman–Crippen LogP) is 3.27. The van der Waals surface area contributed by atoms with Crippen molar-refractivity contribution in [3.05, 3.63) is 52.8 Å². The third-order valence-electron chi connectivity index (χ3n) is 3.90. The Morgan fingerprint density at radius 1 is 1.12 bits per heavy atom. The molecule has 6 nitrogen and oxygen atoms in total. The van der Waals surface area contributed by atoms with Crippen LogP contribution in [0.1, 0.15) is 28.4 Å². The van der Waals surface area contributed by atoms with Gasteiger partial charge in [-0.15, -0.1) is 0 Å². The molecule has 25 heavy (non-hydrogen) atoms. The van der Waals surface area contributed by atoms with Crippen LogP contribution in [-0.2, 0) is 4.79 Å². The molecule has 2 aromatic rings. The summed E-state index contributed by atoms with van der Waals surface area (Å²) in [5.41, 5.74) is 1.93. The smallest absolute Gasteiger partial charge is 0.308 e. The van der Waals surface area contributed by atoms with Crippen LogP contribution in [0.15, 0.2) is 36.1 Å². The largest absolute Gasteiger partial charge is 0.454 e. The van der Waals surface area contributed by atoms with Gasteiger partial charge in [-0.25, -0.2) is 0 Å². The van der Waals surface area contributed by atoms with Gasteiger partial charge in [0.1, 0.15) is 11.5 Å². The molecule has 0 saturated heterocycles. The van der Waals surface area contributed by atoms with Crippen molar-refractivity contribution in [2.75, 3.05) is 6.79 Å². The zero-order chi connectivity index (χ0) is 17.6. The average Bonchev–Trinajstić information content (AvgIpc) is 3.11. The molecule has 0 unspecified atom stereocenters. The van der Waals surface area contributed by atoms with Gasteiger partial charge in [0.25, 0.3) is 0 Å². The van der Waals surface area contributed by atoms with Gasteiger partial charge in [-0.3, -0.25) is 9.59 Å². The topological polar surface area (TPSA) is 71.1 Å². The maximum atomic E-state index is 12.6. The van der Waals surface area contributed by atoms with Crippen LogP contribution in [0.5, 0.6) is 23.0 Å². The van der Waals surface area contributed by atoms with E-state index in [0.717, 1.165) is 5.56 Å². The minimum atomic E-state index is -0.431. The van der Waals surface area contributed by atoms with Crippen LogP contribution in [0.3, 0.4) is 0 Å². The Hall–Kier alpha value is -3.28. The molecule has 0 aromatic heterocycles. The highest BCUT2D eigenvalue weighted by molar-refractivity contribution is 6.15. The number of ketones is 1. The standard InChI is InChI=1S/C19H14O6/c1-10-5-13(24-11(2)20)8-16-18(10)19(21)17(25-16)7-12-3-4-14-15(6-12)23-9-22-14/h3-8H,9H2,1-2H3/b17-7-. The summed E-state index contributed by atoms with van der Waals surface area (Å²) in [7, 11) is 0. The molecular weight excluding hydrogens is 324 g/mol. The average molecular weight is 338 g/mol. The Morgan fingerprint density at radius 3 is 2.72 bits per heavy atom. The SMILES string of the molecule is CC(=O)Oc1cc(C)c2c(c1)O/C(=C\c1ccc3c(c1)OCO3)C2=O. The highest BCUT2D eigenvalue weighted by Crippen LogP contribution is 2.38. The third kappa shape index (κ3) is 2.71. The fourth-order valence-corrected chi connectivity index (χ4v) is 2.86. The number of esters is 1. The van der Waals surface area contributed by atoms with Crippen molar-refractivity contribution in [3.8, 4) is 23.0 Å². The summed E-state index contributed by atoms with van der Waals surface area (Å²) in [6, 6.07) is 8.57. The Labute approximate surface area is 143 Å². The summed E-state index contributed by atoms with van der Waals surface area (Å²) in [6.45, 7) is 3.28. The van der Waals surface area contributed by atoms with Gasteiger partial charge < -0.3 is 18.9 Å². The molecule has 0 amide bonds. The maximum absolute atomic E-state index is 12.6. The Kier molecular flexibility index (Phi) is 3.46. The Morgan fingerprint density at radius 2 is 1.92 bits per heavy atom. The van der Waals surface area contributed by atoms with E-state index in [-0.39, 0.29) is 18.3 Å². The molecule has 126 valence electrons. The van der Waals surface area contributed by atoms with Crippen molar-refractivity contribution in [1.29, 1.82) is 0 Å². The number of carbonyl (C=O) groups excluding carboxylic acids is 2. The summed E-state index contributed by atoms with van der Waals surface area (Å²) in [6.07, 6.45) is 1.65. The van der Waals surface area contributed by atoms with Gasteiger partial charge in [0, 0.05) is 13.0 Å². The summed E-state index contributed by atoms with van der Waals surface area (Å²) in [5, 5.41) is 0. The predicted molar refractivity (Wildman–Crippen MR) is 88.0 cm³/mol. The number of allylic oxidation sites excluding steroid dienone is 1. The zero-order valence-corrected chi connectivity index (χ0v) is 13.6. The minimum Gasteiger partial charge on any atom is -0.454 e. The molecule has 0 bridgehead atoms.